The van der Waals surface area contributed by atoms with Crippen LogP contribution in [0.25, 0.3) is 11.1 Å². The number of nitrogens with one attached hydrogen (secondary N) is 2. The molecule has 7 nitrogen and oxygen atoms in total. The zero-order valence-corrected chi connectivity index (χ0v) is 15.2. The van der Waals surface area contributed by atoms with E-state index in [1.54, 1.807) is 43.8 Å². The van der Waals surface area contributed by atoms with Gasteiger partial charge in [-0.1, -0.05) is 12.1 Å². The predicted molar refractivity (Wildman–Crippen MR) is 104 cm³/mol. The third-order valence-corrected chi connectivity index (χ3v) is 4.57. The van der Waals surface area contributed by atoms with Gasteiger partial charge < -0.3 is 15.4 Å². The summed E-state index contributed by atoms with van der Waals surface area (Å²) in [5.74, 6) is 0.539. The molecule has 2 amide bonds. The molecule has 3 heterocycles. The minimum Gasteiger partial charge on any atom is -0.489 e. The van der Waals surface area contributed by atoms with Crippen molar-refractivity contribution in [2.45, 2.75) is 6.42 Å². The molecule has 2 N–H and O–H groups in total. The molecule has 0 unspecified atom stereocenters. The quantitative estimate of drug-likeness (QED) is 0.732. The maximum Gasteiger partial charge on any atom is 0.257 e. The number of ether oxygens (including phenoxy) is 1. The molecule has 28 heavy (non-hydrogen) atoms. The molecule has 0 saturated carbocycles. The van der Waals surface area contributed by atoms with Gasteiger partial charge in [-0.25, -0.2) is 4.98 Å². The first kappa shape index (κ1) is 17.7. The second-order valence-corrected chi connectivity index (χ2v) is 6.28. The van der Waals surface area contributed by atoms with Crippen LogP contribution in [0.15, 0.2) is 55.0 Å². The summed E-state index contributed by atoms with van der Waals surface area (Å²) in [6.45, 7) is 0.515. The van der Waals surface area contributed by atoms with Gasteiger partial charge in [0.15, 0.2) is 11.6 Å². The third kappa shape index (κ3) is 3.29. The molecule has 7 heteroatoms. The van der Waals surface area contributed by atoms with Crippen LogP contribution in [0.2, 0.25) is 0 Å². The van der Waals surface area contributed by atoms with E-state index < -0.39 is 0 Å². The van der Waals surface area contributed by atoms with Crippen LogP contribution < -0.4 is 15.4 Å². The van der Waals surface area contributed by atoms with Gasteiger partial charge in [-0.15, -0.1) is 0 Å². The number of nitrogens with zero attached hydrogens (tertiary/aromatic N) is 2. The molecule has 0 spiro atoms. The molecule has 1 aromatic carbocycles. The number of carbonyl (C=O) groups excluding carboxylic acids is 2. The summed E-state index contributed by atoms with van der Waals surface area (Å²) in [5.41, 5.74) is 3.80. The number of hydrogen-bond acceptors (Lipinski definition) is 5. The molecule has 140 valence electrons. The summed E-state index contributed by atoms with van der Waals surface area (Å²) in [6.07, 6.45) is 5.53. The largest absolute Gasteiger partial charge is 0.489 e. The van der Waals surface area contributed by atoms with Crippen LogP contribution >= 0.6 is 0 Å². The van der Waals surface area contributed by atoms with Crippen LogP contribution in [0.5, 0.6) is 5.75 Å². The molecule has 2 aromatic heterocycles. The Morgan fingerprint density at radius 3 is 2.68 bits per heavy atom. The molecule has 0 saturated heterocycles. The highest BCUT2D eigenvalue weighted by molar-refractivity contribution is 6.04. The Bertz CT molecular complexity index is 1050. The average molecular weight is 374 g/mol. The molecule has 4 rings (SSSR count). The number of hydrogen-bond donors (Lipinski definition) is 2. The zero-order chi connectivity index (χ0) is 19.5. The van der Waals surface area contributed by atoms with E-state index in [-0.39, 0.29) is 11.8 Å². The second-order valence-electron chi connectivity index (χ2n) is 6.28. The van der Waals surface area contributed by atoms with E-state index in [0.29, 0.717) is 35.7 Å². The lowest BCUT2D eigenvalue weighted by Gasteiger charge is -2.13. The number of fused-ring (bicyclic) bond motifs is 1. The van der Waals surface area contributed by atoms with E-state index in [1.165, 1.54) is 0 Å². The number of anilines is 1. The fourth-order valence-corrected chi connectivity index (χ4v) is 3.18. The van der Waals surface area contributed by atoms with Gasteiger partial charge in [0.2, 0.25) is 0 Å². The Hall–Kier alpha value is -3.74. The van der Waals surface area contributed by atoms with Crippen molar-refractivity contribution in [3.63, 3.8) is 0 Å². The second kappa shape index (κ2) is 7.48. The highest BCUT2D eigenvalue weighted by atomic mass is 16.5. The molecular weight excluding hydrogens is 356 g/mol. The van der Waals surface area contributed by atoms with Crippen molar-refractivity contribution in [2.24, 2.45) is 0 Å². The minimum atomic E-state index is -0.276. The molecule has 0 bridgehead atoms. The summed E-state index contributed by atoms with van der Waals surface area (Å²) < 4.78 is 5.76. The van der Waals surface area contributed by atoms with E-state index in [0.717, 1.165) is 16.7 Å². The number of amides is 2. The van der Waals surface area contributed by atoms with Crippen molar-refractivity contribution >= 4 is 17.6 Å². The Kier molecular flexibility index (Phi) is 4.72. The molecule has 0 fully saturated rings. The highest BCUT2D eigenvalue weighted by Gasteiger charge is 2.24. The van der Waals surface area contributed by atoms with Gasteiger partial charge in [-0.05, 0) is 29.8 Å². The smallest absolute Gasteiger partial charge is 0.257 e. The van der Waals surface area contributed by atoms with E-state index >= 15 is 0 Å². The summed E-state index contributed by atoms with van der Waals surface area (Å²) >= 11 is 0. The Labute approximate surface area is 161 Å². The summed E-state index contributed by atoms with van der Waals surface area (Å²) in [6, 6.07) is 10.6. The van der Waals surface area contributed by atoms with E-state index in [4.69, 9.17) is 4.74 Å². The van der Waals surface area contributed by atoms with Crippen LogP contribution in [0.4, 0.5) is 5.82 Å². The van der Waals surface area contributed by atoms with Gasteiger partial charge in [-0.2, -0.15) is 0 Å². The Morgan fingerprint density at radius 1 is 1.07 bits per heavy atom. The average Bonchev–Trinajstić information content (AvgIpc) is 3.24. The lowest BCUT2D eigenvalue weighted by atomic mass is 9.98. The first-order valence-electron chi connectivity index (χ1n) is 8.86. The SMILES string of the molecule is CNC(=O)c1cccc(-c2cnc(NC(=O)c3ccncc3)c3c2CCO3)c1. The topological polar surface area (TPSA) is 93.2 Å². The van der Waals surface area contributed by atoms with Gasteiger partial charge in [0.05, 0.1) is 6.61 Å². The number of pyridine rings is 2. The van der Waals surface area contributed by atoms with Gasteiger partial charge in [0.1, 0.15) is 0 Å². The van der Waals surface area contributed by atoms with Crippen molar-refractivity contribution in [1.82, 2.24) is 15.3 Å². The molecule has 0 atom stereocenters. The molecule has 3 aromatic rings. The zero-order valence-electron chi connectivity index (χ0n) is 15.2. The first-order valence-corrected chi connectivity index (χ1v) is 8.86. The maximum absolute atomic E-state index is 12.4. The van der Waals surface area contributed by atoms with Crippen LogP contribution in [0.1, 0.15) is 26.3 Å². The van der Waals surface area contributed by atoms with Crippen molar-refractivity contribution in [1.29, 1.82) is 0 Å². The predicted octanol–water partition coefficient (Wildman–Crippen LogP) is 2.69. The molecule has 0 radical (unpaired) electrons. The fraction of sp³-hybridized carbons (Fsp3) is 0.143. The maximum atomic E-state index is 12.4. The van der Waals surface area contributed by atoms with Crippen LogP contribution in [0.3, 0.4) is 0 Å². The fourth-order valence-electron chi connectivity index (χ4n) is 3.18. The van der Waals surface area contributed by atoms with E-state index in [2.05, 4.69) is 20.6 Å². The molecule has 1 aliphatic rings. The molecule has 0 aliphatic carbocycles. The van der Waals surface area contributed by atoms with E-state index in [9.17, 15) is 9.59 Å². The van der Waals surface area contributed by atoms with Crippen molar-refractivity contribution in [3.8, 4) is 16.9 Å². The number of aromatic nitrogens is 2. The van der Waals surface area contributed by atoms with Crippen molar-refractivity contribution < 1.29 is 14.3 Å². The summed E-state index contributed by atoms with van der Waals surface area (Å²) in [4.78, 5) is 32.7. The van der Waals surface area contributed by atoms with Gasteiger partial charge in [-0.3, -0.25) is 14.6 Å². The van der Waals surface area contributed by atoms with Gasteiger partial charge in [0, 0.05) is 54.3 Å². The Morgan fingerprint density at radius 2 is 1.89 bits per heavy atom. The lowest BCUT2D eigenvalue weighted by Crippen LogP contribution is -2.17. The standard InChI is InChI=1S/C21H18N4O3/c1-22-20(26)15-4-2-3-14(11-15)17-12-24-19(18-16(17)7-10-28-18)25-21(27)13-5-8-23-9-6-13/h2-6,8-9,11-12H,7,10H2,1H3,(H,22,26)(H,24,25,27). The number of rotatable bonds is 4. The van der Waals surface area contributed by atoms with Crippen LogP contribution in [-0.2, 0) is 6.42 Å². The van der Waals surface area contributed by atoms with Crippen molar-refractivity contribution in [3.05, 3.63) is 71.7 Å². The first-order chi connectivity index (χ1) is 13.7. The third-order valence-electron chi connectivity index (χ3n) is 4.57. The normalized spacial score (nSPS) is 12.0. The monoisotopic (exact) mass is 374 g/mol. The van der Waals surface area contributed by atoms with Crippen LogP contribution in [0, 0.1) is 0 Å². The molecular formula is C21H18N4O3. The Balaban J connectivity index is 1.69. The summed E-state index contributed by atoms with van der Waals surface area (Å²) in [5, 5.41) is 5.44. The summed E-state index contributed by atoms with van der Waals surface area (Å²) in [7, 11) is 1.60. The van der Waals surface area contributed by atoms with E-state index in [1.807, 2.05) is 18.2 Å². The van der Waals surface area contributed by atoms with Crippen molar-refractivity contribution in [2.75, 3.05) is 19.0 Å². The number of carbonyl (C=O) groups is 2. The number of benzene rings is 1. The van der Waals surface area contributed by atoms with Gasteiger partial charge >= 0.3 is 0 Å². The minimum absolute atomic E-state index is 0.149. The lowest BCUT2D eigenvalue weighted by molar-refractivity contribution is 0.0962. The van der Waals surface area contributed by atoms with Gasteiger partial charge in [0.25, 0.3) is 11.8 Å². The van der Waals surface area contributed by atoms with Crippen LogP contribution in [-0.4, -0.2) is 35.4 Å². The molecule has 1 aliphatic heterocycles. The highest BCUT2D eigenvalue weighted by Crippen LogP contribution is 2.39.